The first-order valence-electron chi connectivity index (χ1n) is 7.35. The predicted octanol–water partition coefficient (Wildman–Crippen LogP) is 1.31. The number of fused-ring (bicyclic) bond motifs is 2. The van der Waals surface area contributed by atoms with Crippen molar-refractivity contribution >= 4 is 11.9 Å². The number of carboxylic acids is 1. The van der Waals surface area contributed by atoms with Gasteiger partial charge < -0.3 is 15.2 Å². The molecule has 4 atom stereocenters. The number of rotatable bonds is 3. The van der Waals surface area contributed by atoms with E-state index in [0.29, 0.717) is 0 Å². The lowest BCUT2D eigenvalue weighted by molar-refractivity contribution is -0.148. The van der Waals surface area contributed by atoms with E-state index >= 15 is 0 Å². The van der Waals surface area contributed by atoms with Crippen molar-refractivity contribution in [3.63, 3.8) is 0 Å². The SMILES string of the molecule is O=C(O)[C@@H]1[C@H](C(=O)NC2CCCCC2)[C@@H]2CC[C@H]1O2. The van der Waals surface area contributed by atoms with Gasteiger partial charge in [-0.3, -0.25) is 9.59 Å². The Morgan fingerprint density at radius 3 is 2.21 bits per heavy atom. The van der Waals surface area contributed by atoms with E-state index in [4.69, 9.17) is 4.74 Å². The van der Waals surface area contributed by atoms with Crippen LogP contribution < -0.4 is 5.32 Å². The molecular formula is C14H21NO4. The lowest BCUT2D eigenvalue weighted by atomic mass is 9.78. The number of hydrogen-bond acceptors (Lipinski definition) is 3. The first-order chi connectivity index (χ1) is 9.16. The number of nitrogens with one attached hydrogen (secondary N) is 1. The van der Waals surface area contributed by atoms with Crippen molar-refractivity contribution in [3.8, 4) is 0 Å². The molecule has 3 aliphatic rings. The minimum Gasteiger partial charge on any atom is -0.481 e. The minimum atomic E-state index is -0.893. The van der Waals surface area contributed by atoms with Gasteiger partial charge in [0.15, 0.2) is 0 Å². The first kappa shape index (κ1) is 12.9. The standard InChI is InChI=1S/C14H21NO4/c16-13(15-8-4-2-1-3-5-8)11-9-6-7-10(19-9)12(11)14(17)18/h8-12H,1-7H2,(H,15,16)(H,17,18)/t9-,10+,11+,12-/m0/s1. The summed E-state index contributed by atoms with van der Waals surface area (Å²) in [4.78, 5) is 23.7. The zero-order valence-electron chi connectivity index (χ0n) is 11.0. The Hall–Kier alpha value is -1.10. The second-order valence-corrected chi connectivity index (χ2v) is 6.02. The molecule has 2 N–H and O–H groups in total. The molecule has 2 heterocycles. The van der Waals surface area contributed by atoms with Gasteiger partial charge in [0.2, 0.25) is 5.91 Å². The van der Waals surface area contributed by atoms with E-state index in [1.165, 1.54) is 6.42 Å². The van der Waals surface area contributed by atoms with Crippen molar-refractivity contribution in [1.82, 2.24) is 5.32 Å². The normalized spacial score (nSPS) is 38.3. The Labute approximate surface area is 112 Å². The summed E-state index contributed by atoms with van der Waals surface area (Å²) in [6.45, 7) is 0. The summed E-state index contributed by atoms with van der Waals surface area (Å²) in [5.74, 6) is -2.14. The third-order valence-corrected chi connectivity index (χ3v) is 4.81. The van der Waals surface area contributed by atoms with Crippen LogP contribution in [-0.2, 0) is 14.3 Å². The lowest BCUT2D eigenvalue weighted by Crippen LogP contribution is -2.47. The molecule has 3 rings (SSSR count). The fraction of sp³-hybridized carbons (Fsp3) is 0.857. The minimum absolute atomic E-state index is 0.105. The highest BCUT2D eigenvalue weighted by Gasteiger charge is 2.55. The second kappa shape index (κ2) is 5.12. The van der Waals surface area contributed by atoms with Crippen LogP contribution in [0.1, 0.15) is 44.9 Å². The molecule has 1 saturated carbocycles. The number of ether oxygens (including phenoxy) is 1. The van der Waals surface area contributed by atoms with Gasteiger partial charge in [0, 0.05) is 6.04 Å². The monoisotopic (exact) mass is 267 g/mol. The number of hydrogen-bond donors (Lipinski definition) is 2. The maximum atomic E-state index is 12.4. The molecule has 1 amide bonds. The molecule has 0 radical (unpaired) electrons. The smallest absolute Gasteiger partial charge is 0.310 e. The fourth-order valence-corrected chi connectivity index (χ4v) is 3.87. The van der Waals surface area contributed by atoms with Crippen LogP contribution in [0.25, 0.3) is 0 Å². The van der Waals surface area contributed by atoms with E-state index in [1.807, 2.05) is 0 Å². The molecule has 2 aliphatic heterocycles. The van der Waals surface area contributed by atoms with Crippen LogP contribution in [0.5, 0.6) is 0 Å². The molecule has 19 heavy (non-hydrogen) atoms. The van der Waals surface area contributed by atoms with Gasteiger partial charge in [0.05, 0.1) is 24.0 Å². The van der Waals surface area contributed by atoms with E-state index in [1.54, 1.807) is 0 Å². The molecule has 0 spiro atoms. The van der Waals surface area contributed by atoms with Crippen molar-refractivity contribution in [3.05, 3.63) is 0 Å². The van der Waals surface area contributed by atoms with Gasteiger partial charge in [-0.25, -0.2) is 0 Å². The summed E-state index contributed by atoms with van der Waals surface area (Å²) >= 11 is 0. The van der Waals surface area contributed by atoms with Gasteiger partial charge in [0.1, 0.15) is 0 Å². The molecule has 1 aliphatic carbocycles. The summed E-state index contributed by atoms with van der Waals surface area (Å²) < 4.78 is 5.63. The number of carbonyl (C=O) groups is 2. The summed E-state index contributed by atoms with van der Waals surface area (Å²) in [7, 11) is 0. The fourth-order valence-electron chi connectivity index (χ4n) is 3.87. The summed E-state index contributed by atoms with van der Waals surface area (Å²) in [6, 6.07) is 0.231. The molecule has 5 heteroatoms. The summed E-state index contributed by atoms with van der Waals surface area (Å²) in [5.41, 5.74) is 0. The molecular weight excluding hydrogens is 246 g/mol. The van der Waals surface area contributed by atoms with Crippen LogP contribution in [0.15, 0.2) is 0 Å². The van der Waals surface area contributed by atoms with Gasteiger partial charge in [-0.05, 0) is 25.7 Å². The van der Waals surface area contributed by atoms with Gasteiger partial charge in [0.25, 0.3) is 0 Å². The zero-order chi connectivity index (χ0) is 13.4. The van der Waals surface area contributed by atoms with Crippen LogP contribution in [0.3, 0.4) is 0 Å². The molecule has 106 valence electrons. The van der Waals surface area contributed by atoms with Gasteiger partial charge in [-0.15, -0.1) is 0 Å². The van der Waals surface area contributed by atoms with E-state index in [0.717, 1.165) is 38.5 Å². The van der Waals surface area contributed by atoms with Crippen LogP contribution in [0.4, 0.5) is 0 Å². The van der Waals surface area contributed by atoms with Gasteiger partial charge >= 0.3 is 5.97 Å². The molecule has 0 aromatic rings. The molecule has 0 aromatic carbocycles. The van der Waals surface area contributed by atoms with Gasteiger partial charge in [-0.1, -0.05) is 19.3 Å². The highest BCUT2D eigenvalue weighted by molar-refractivity contribution is 5.86. The van der Waals surface area contributed by atoms with E-state index in [-0.39, 0.29) is 24.2 Å². The molecule has 0 aromatic heterocycles. The Morgan fingerprint density at radius 2 is 1.58 bits per heavy atom. The molecule has 2 saturated heterocycles. The van der Waals surface area contributed by atoms with Crippen molar-refractivity contribution in [1.29, 1.82) is 0 Å². The highest BCUT2D eigenvalue weighted by Crippen LogP contribution is 2.43. The van der Waals surface area contributed by atoms with Crippen molar-refractivity contribution in [2.45, 2.75) is 63.2 Å². The summed E-state index contributed by atoms with van der Waals surface area (Å²) in [6.07, 6.45) is 6.73. The highest BCUT2D eigenvalue weighted by atomic mass is 16.5. The number of carbonyl (C=O) groups excluding carboxylic acids is 1. The number of amides is 1. The lowest BCUT2D eigenvalue weighted by Gasteiger charge is -2.28. The van der Waals surface area contributed by atoms with Crippen molar-refractivity contribution in [2.24, 2.45) is 11.8 Å². The Balaban J connectivity index is 1.66. The molecule has 3 fully saturated rings. The van der Waals surface area contributed by atoms with Crippen molar-refractivity contribution in [2.75, 3.05) is 0 Å². The Kier molecular flexibility index (Phi) is 3.48. The first-order valence-corrected chi connectivity index (χ1v) is 7.35. The van der Waals surface area contributed by atoms with Gasteiger partial charge in [-0.2, -0.15) is 0 Å². The maximum Gasteiger partial charge on any atom is 0.310 e. The van der Waals surface area contributed by atoms with E-state index < -0.39 is 17.8 Å². The second-order valence-electron chi connectivity index (χ2n) is 6.02. The maximum absolute atomic E-state index is 12.4. The molecule has 2 bridgehead atoms. The van der Waals surface area contributed by atoms with Crippen molar-refractivity contribution < 1.29 is 19.4 Å². The van der Waals surface area contributed by atoms with Crippen LogP contribution in [0, 0.1) is 11.8 Å². The summed E-state index contributed by atoms with van der Waals surface area (Å²) in [5, 5.41) is 12.3. The third-order valence-electron chi connectivity index (χ3n) is 4.81. The van der Waals surface area contributed by atoms with Crippen LogP contribution in [-0.4, -0.2) is 35.2 Å². The van der Waals surface area contributed by atoms with E-state index in [2.05, 4.69) is 5.32 Å². The Bertz CT molecular complexity index is 378. The molecule has 5 nitrogen and oxygen atoms in total. The average Bonchev–Trinajstić information content (AvgIpc) is 2.99. The predicted molar refractivity (Wildman–Crippen MR) is 67.5 cm³/mol. The topological polar surface area (TPSA) is 75.6 Å². The largest absolute Gasteiger partial charge is 0.481 e. The molecule has 0 unspecified atom stereocenters. The van der Waals surface area contributed by atoms with Crippen LogP contribution >= 0.6 is 0 Å². The number of carboxylic acid groups (broad SMARTS) is 1. The third kappa shape index (κ3) is 2.36. The number of aliphatic carboxylic acids is 1. The van der Waals surface area contributed by atoms with Crippen LogP contribution in [0.2, 0.25) is 0 Å². The average molecular weight is 267 g/mol. The van der Waals surface area contributed by atoms with E-state index in [9.17, 15) is 14.7 Å². The zero-order valence-corrected chi connectivity index (χ0v) is 11.0. The quantitative estimate of drug-likeness (QED) is 0.808. The Morgan fingerprint density at radius 1 is 0.947 bits per heavy atom.